The second-order valence-corrected chi connectivity index (χ2v) is 2.48. The summed E-state index contributed by atoms with van der Waals surface area (Å²) in [6, 6.07) is 7.90. The molecule has 0 atom stereocenters. The number of rotatable bonds is 2. The Morgan fingerprint density at radius 1 is 1.50 bits per heavy atom. The van der Waals surface area contributed by atoms with Gasteiger partial charge in [0.05, 0.1) is 5.56 Å². The minimum atomic E-state index is 0.704. The lowest BCUT2D eigenvalue weighted by Gasteiger charge is -2.02. The molecule has 0 N–H and O–H groups in total. The molecule has 0 aliphatic heterocycles. The molecule has 0 aromatic heterocycles. The Morgan fingerprint density at radius 2 is 2.25 bits per heavy atom. The maximum Gasteiger partial charge on any atom is 0.100 e. The first-order valence-electron chi connectivity index (χ1n) is 3.88. The van der Waals surface area contributed by atoms with Crippen LogP contribution in [0.4, 0.5) is 0 Å². The van der Waals surface area contributed by atoms with Gasteiger partial charge in [0.1, 0.15) is 6.07 Å². The highest BCUT2D eigenvalue weighted by Gasteiger charge is 2.02. The van der Waals surface area contributed by atoms with E-state index in [0.29, 0.717) is 5.56 Å². The van der Waals surface area contributed by atoms with E-state index in [-0.39, 0.29) is 0 Å². The average Bonchev–Trinajstić information content (AvgIpc) is 2.16. The fourth-order valence-corrected chi connectivity index (χ4v) is 1.17. The van der Waals surface area contributed by atoms with Gasteiger partial charge in [-0.3, -0.25) is 0 Å². The highest BCUT2D eigenvalue weighted by Crippen LogP contribution is 2.13. The smallest absolute Gasteiger partial charge is 0.100 e. The van der Waals surface area contributed by atoms with Crippen molar-refractivity contribution in [1.29, 1.82) is 5.26 Å². The van der Waals surface area contributed by atoms with Crippen molar-refractivity contribution < 1.29 is 0 Å². The van der Waals surface area contributed by atoms with Crippen LogP contribution in [0, 0.1) is 17.4 Å². The van der Waals surface area contributed by atoms with Crippen molar-refractivity contribution in [2.24, 2.45) is 0 Å². The molecule has 59 valence electrons. The van der Waals surface area contributed by atoms with Crippen molar-refractivity contribution >= 4 is 0 Å². The molecule has 0 aliphatic rings. The Morgan fingerprint density at radius 3 is 2.75 bits per heavy atom. The highest BCUT2D eigenvalue weighted by molar-refractivity contribution is 5.46. The largest absolute Gasteiger partial charge is 0.192 e. The van der Waals surface area contributed by atoms with Crippen molar-refractivity contribution in [1.82, 2.24) is 0 Å². The zero-order valence-corrected chi connectivity index (χ0v) is 7.09. The van der Waals surface area contributed by atoms with Gasteiger partial charge in [0.25, 0.3) is 0 Å². The molecule has 0 bridgehead atoms. The monoisotopic (exact) mass is 156 g/mol. The fourth-order valence-electron chi connectivity index (χ4n) is 1.17. The van der Waals surface area contributed by atoms with Gasteiger partial charge < -0.3 is 0 Å². The Hall–Kier alpha value is -1.55. The molecule has 1 radical (unpaired) electrons. The summed E-state index contributed by atoms with van der Waals surface area (Å²) in [5.74, 6) is 0. The van der Waals surface area contributed by atoms with Crippen molar-refractivity contribution in [2.75, 3.05) is 0 Å². The van der Waals surface area contributed by atoms with Crippen LogP contribution in [0.15, 0.2) is 24.8 Å². The molecule has 0 unspecified atom stereocenters. The number of hydrogen-bond donors (Lipinski definition) is 0. The molecule has 0 heterocycles. The van der Waals surface area contributed by atoms with Crippen LogP contribution >= 0.6 is 0 Å². The van der Waals surface area contributed by atoms with E-state index < -0.39 is 0 Å². The lowest BCUT2D eigenvalue weighted by Crippen LogP contribution is -1.90. The first-order valence-corrected chi connectivity index (χ1v) is 3.88. The molecule has 1 nitrogen and oxygen atoms in total. The Kier molecular flexibility index (Phi) is 2.66. The summed E-state index contributed by atoms with van der Waals surface area (Å²) in [4.78, 5) is 0. The van der Waals surface area contributed by atoms with E-state index in [2.05, 4.69) is 18.7 Å². The van der Waals surface area contributed by atoms with E-state index in [1.165, 1.54) is 0 Å². The van der Waals surface area contributed by atoms with Crippen LogP contribution < -0.4 is 0 Å². The molecule has 1 heteroatoms. The number of hydrogen-bond acceptors (Lipinski definition) is 1. The van der Waals surface area contributed by atoms with Crippen LogP contribution in [0.5, 0.6) is 0 Å². The minimum absolute atomic E-state index is 0.704. The van der Waals surface area contributed by atoms with Crippen molar-refractivity contribution in [2.45, 2.75) is 13.3 Å². The molecule has 0 aliphatic carbocycles. The minimum Gasteiger partial charge on any atom is -0.192 e. The first kappa shape index (κ1) is 8.55. The number of benzene rings is 1. The lowest BCUT2D eigenvalue weighted by atomic mass is 10.0. The Labute approximate surface area is 73.0 Å². The third kappa shape index (κ3) is 1.38. The molecule has 0 spiro atoms. The van der Waals surface area contributed by atoms with E-state index in [9.17, 15) is 0 Å². The van der Waals surface area contributed by atoms with Crippen LogP contribution in [0.25, 0.3) is 0 Å². The van der Waals surface area contributed by atoms with Gasteiger partial charge in [0.15, 0.2) is 0 Å². The van der Waals surface area contributed by atoms with Crippen LogP contribution in [0.1, 0.15) is 23.6 Å². The summed E-state index contributed by atoms with van der Waals surface area (Å²) in [7, 11) is 0. The summed E-state index contributed by atoms with van der Waals surface area (Å²) >= 11 is 0. The van der Waals surface area contributed by atoms with Gasteiger partial charge in [-0.2, -0.15) is 5.26 Å². The zero-order valence-electron chi connectivity index (χ0n) is 7.09. The van der Waals surface area contributed by atoms with Crippen molar-refractivity contribution in [3.63, 3.8) is 0 Å². The van der Waals surface area contributed by atoms with Crippen molar-refractivity contribution in [3.05, 3.63) is 47.5 Å². The highest BCUT2D eigenvalue weighted by atomic mass is 14.2. The van der Waals surface area contributed by atoms with Gasteiger partial charge in [0, 0.05) is 0 Å². The molecular formula is C11H10N. The summed E-state index contributed by atoms with van der Waals surface area (Å²) in [6.07, 6.45) is 3.62. The molecule has 12 heavy (non-hydrogen) atoms. The third-order valence-corrected chi connectivity index (χ3v) is 1.83. The van der Waals surface area contributed by atoms with Crippen LogP contribution in [-0.2, 0) is 6.42 Å². The quantitative estimate of drug-likeness (QED) is 0.645. The zero-order chi connectivity index (χ0) is 8.97. The number of nitrogens with zero attached hydrogens (tertiary/aromatic N) is 1. The molecule has 1 aromatic carbocycles. The summed E-state index contributed by atoms with van der Waals surface area (Å²) in [5, 5.41) is 8.84. The van der Waals surface area contributed by atoms with Crippen LogP contribution in [0.2, 0.25) is 0 Å². The lowest BCUT2D eigenvalue weighted by molar-refractivity contribution is 1.12. The molecule has 1 rings (SSSR count). The molecule has 0 fully saturated rings. The second-order valence-electron chi connectivity index (χ2n) is 2.48. The first-order chi connectivity index (χ1) is 5.83. The summed E-state index contributed by atoms with van der Waals surface area (Å²) < 4.78 is 0. The Bertz CT molecular complexity index is 331. The standard InChI is InChI=1S/C11H10N/c1-3-9-6-5-7-10(4-2)11(9)8-12/h5-7H,1,4H2,2H3. The van der Waals surface area contributed by atoms with Crippen molar-refractivity contribution in [3.8, 4) is 6.07 Å². The number of nitriles is 1. The molecule has 0 amide bonds. The topological polar surface area (TPSA) is 23.8 Å². The third-order valence-electron chi connectivity index (χ3n) is 1.83. The predicted molar refractivity (Wildman–Crippen MR) is 48.5 cm³/mol. The Balaban J connectivity index is 3.34. The summed E-state index contributed by atoms with van der Waals surface area (Å²) in [6.45, 7) is 5.57. The summed E-state index contributed by atoms with van der Waals surface area (Å²) in [5.41, 5.74) is 2.57. The van der Waals surface area contributed by atoms with Crippen LogP contribution in [0.3, 0.4) is 0 Å². The van der Waals surface area contributed by atoms with Gasteiger partial charge >= 0.3 is 0 Å². The maximum atomic E-state index is 8.84. The maximum absolute atomic E-state index is 8.84. The van der Waals surface area contributed by atoms with E-state index in [1.54, 1.807) is 0 Å². The molecule has 1 aromatic rings. The van der Waals surface area contributed by atoms with Gasteiger partial charge in [-0.25, -0.2) is 0 Å². The molecular weight excluding hydrogens is 146 g/mol. The second kappa shape index (κ2) is 3.73. The number of aryl methyl sites for hydroxylation is 1. The van der Waals surface area contributed by atoms with E-state index in [4.69, 9.17) is 5.26 Å². The van der Waals surface area contributed by atoms with Gasteiger partial charge in [-0.1, -0.05) is 31.7 Å². The van der Waals surface area contributed by atoms with E-state index in [0.717, 1.165) is 17.5 Å². The van der Waals surface area contributed by atoms with E-state index in [1.807, 2.05) is 25.1 Å². The van der Waals surface area contributed by atoms with Crippen LogP contribution in [-0.4, -0.2) is 0 Å². The predicted octanol–water partition coefficient (Wildman–Crippen LogP) is 2.46. The van der Waals surface area contributed by atoms with Gasteiger partial charge in [-0.05, 0) is 23.6 Å². The normalized spacial score (nSPS) is 9.00. The van der Waals surface area contributed by atoms with Gasteiger partial charge in [-0.15, -0.1) is 0 Å². The fraction of sp³-hybridized carbons (Fsp3) is 0.182. The van der Waals surface area contributed by atoms with Gasteiger partial charge in [0.2, 0.25) is 0 Å². The SMILES string of the molecule is C=[C]c1cccc(CC)c1C#N. The molecule has 0 saturated heterocycles. The average molecular weight is 156 g/mol. The molecule has 0 saturated carbocycles. The van der Waals surface area contributed by atoms with E-state index >= 15 is 0 Å².